The van der Waals surface area contributed by atoms with Gasteiger partial charge in [0.1, 0.15) is 17.7 Å². The summed E-state index contributed by atoms with van der Waals surface area (Å²) in [6, 6.07) is 14.9. The van der Waals surface area contributed by atoms with E-state index < -0.39 is 0 Å². The van der Waals surface area contributed by atoms with E-state index >= 15 is 0 Å². The van der Waals surface area contributed by atoms with E-state index in [9.17, 15) is 4.79 Å². The Hall–Kier alpha value is -2.89. The van der Waals surface area contributed by atoms with E-state index in [2.05, 4.69) is 20.8 Å². The standard InChI is InChI=1S/C15H15N5O/c1-11-5-4-6-12(9-11)17-15(21)16-10-20-18-13-7-2-3-8-14(13)19-20/h2-9H,10H2,1H3,(H2,16,17,21). The Kier molecular flexibility index (Phi) is 3.51. The first kappa shape index (κ1) is 13.1. The van der Waals surface area contributed by atoms with E-state index in [0.29, 0.717) is 0 Å². The summed E-state index contributed by atoms with van der Waals surface area (Å²) in [5, 5.41) is 14.0. The molecule has 0 bridgehead atoms. The third-order valence-electron chi connectivity index (χ3n) is 2.99. The first-order valence-corrected chi connectivity index (χ1v) is 6.62. The van der Waals surface area contributed by atoms with Crippen molar-refractivity contribution < 1.29 is 4.79 Å². The lowest BCUT2D eigenvalue weighted by Crippen LogP contribution is -2.31. The molecule has 0 aliphatic rings. The Balaban J connectivity index is 1.60. The van der Waals surface area contributed by atoms with Crippen LogP contribution in [0.1, 0.15) is 5.56 Å². The third-order valence-corrected chi connectivity index (χ3v) is 2.99. The largest absolute Gasteiger partial charge is 0.320 e. The van der Waals surface area contributed by atoms with Gasteiger partial charge in [-0.25, -0.2) is 4.79 Å². The van der Waals surface area contributed by atoms with Crippen LogP contribution in [-0.2, 0) is 6.67 Å². The van der Waals surface area contributed by atoms with Crippen LogP contribution in [-0.4, -0.2) is 21.0 Å². The highest BCUT2D eigenvalue weighted by molar-refractivity contribution is 5.89. The molecule has 0 unspecified atom stereocenters. The maximum Gasteiger partial charge on any atom is 0.320 e. The van der Waals surface area contributed by atoms with Crippen LogP contribution in [0.4, 0.5) is 10.5 Å². The first-order valence-electron chi connectivity index (χ1n) is 6.62. The molecule has 0 spiro atoms. The average molecular weight is 281 g/mol. The Morgan fingerprint density at radius 2 is 1.81 bits per heavy atom. The first-order chi connectivity index (χ1) is 10.2. The lowest BCUT2D eigenvalue weighted by Gasteiger charge is -2.07. The van der Waals surface area contributed by atoms with Crippen molar-refractivity contribution in [2.24, 2.45) is 0 Å². The summed E-state index contributed by atoms with van der Waals surface area (Å²) in [7, 11) is 0. The Morgan fingerprint density at radius 1 is 1.10 bits per heavy atom. The Morgan fingerprint density at radius 3 is 2.48 bits per heavy atom. The van der Waals surface area contributed by atoms with Crippen molar-refractivity contribution in [2.75, 3.05) is 5.32 Å². The van der Waals surface area contributed by atoms with Gasteiger partial charge < -0.3 is 10.6 Å². The van der Waals surface area contributed by atoms with Crippen LogP contribution in [0.3, 0.4) is 0 Å². The van der Waals surface area contributed by atoms with Crippen LogP contribution in [0.5, 0.6) is 0 Å². The SMILES string of the molecule is Cc1cccc(NC(=O)NCn2nc3ccccc3n2)c1. The van der Waals surface area contributed by atoms with Gasteiger partial charge in [-0.05, 0) is 36.8 Å². The van der Waals surface area contributed by atoms with Gasteiger partial charge >= 0.3 is 6.03 Å². The molecule has 3 rings (SSSR count). The van der Waals surface area contributed by atoms with Crippen molar-refractivity contribution in [3.63, 3.8) is 0 Å². The molecule has 0 saturated carbocycles. The molecule has 2 N–H and O–H groups in total. The molecule has 0 aliphatic carbocycles. The van der Waals surface area contributed by atoms with Crippen molar-refractivity contribution in [1.82, 2.24) is 20.3 Å². The van der Waals surface area contributed by atoms with Gasteiger partial charge in [0.2, 0.25) is 0 Å². The second-order valence-corrected chi connectivity index (χ2v) is 4.72. The number of carbonyl (C=O) groups excluding carboxylic acids is 1. The van der Waals surface area contributed by atoms with Crippen LogP contribution >= 0.6 is 0 Å². The normalized spacial score (nSPS) is 10.5. The maximum atomic E-state index is 11.8. The van der Waals surface area contributed by atoms with E-state index in [1.807, 2.05) is 55.5 Å². The lowest BCUT2D eigenvalue weighted by molar-refractivity contribution is 0.248. The fourth-order valence-electron chi connectivity index (χ4n) is 2.02. The molecule has 21 heavy (non-hydrogen) atoms. The quantitative estimate of drug-likeness (QED) is 0.775. The number of fused-ring (bicyclic) bond motifs is 1. The number of amides is 2. The number of rotatable bonds is 3. The van der Waals surface area contributed by atoms with Gasteiger partial charge in [-0.2, -0.15) is 15.0 Å². The highest BCUT2D eigenvalue weighted by Gasteiger charge is 2.04. The summed E-state index contributed by atoms with van der Waals surface area (Å²) in [5.41, 5.74) is 3.45. The zero-order valence-electron chi connectivity index (χ0n) is 11.6. The molecule has 0 atom stereocenters. The fourth-order valence-corrected chi connectivity index (χ4v) is 2.02. The molecule has 0 saturated heterocycles. The summed E-state index contributed by atoms with van der Waals surface area (Å²) in [6.07, 6.45) is 0. The molecule has 6 nitrogen and oxygen atoms in total. The van der Waals surface area contributed by atoms with Crippen molar-refractivity contribution in [3.8, 4) is 0 Å². The second kappa shape index (κ2) is 5.62. The van der Waals surface area contributed by atoms with E-state index in [-0.39, 0.29) is 12.7 Å². The molecular weight excluding hydrogens is 266 g/mol. The van der Waals surface area contributed by atoms with Crippen molar-refractivity contribution in [3.05, 3.63) is 54.1 Å². The maximum absolute atomic E-state index is 11.8. The molecule has 6 heteroatoms. The number of benzene rings is 2. The number of nitrogens with one attached hydrogen (secondary N) is 2. The van der Waals surface area contributed by atoms with Gasteiger partial charge in [-0.1, -0.05) is 24.3 Å². The molecule has 2 amide bonds. The number of aryl methyl sites for hydroxylation is 1. The molecule has 1 heterocycles. The fraction of sp³-hybridized carbons (Fsp3) is 0.133. The number of carbonyl (C=O) groups is 1. The summed E-state index contributed by atoms with van der Waals surface area (Å²) in [5.74, 6) is 0. The van der Waals surface area contributed by atoms with Crippen molar-refractivity contribution in [1.29, 1.82) is 0 Å². The lowest BCUT2D eigenvalue weighted by atomic mass is 10.2. The number of anilines is 1. The summed E-state index contributed by atoms with van der Waals surface area (Å²) in [4.78, 5) is 13.3. The highest BCUT2D eigenvalue weighted by Crippen LogP contribution is 2.09. The highest BCUT2D eigenvalue weighted by atomic mass is 16.2. The van der Waals surface area contributed by atoms with Crippen LogP contribution in [0.2, 0.25) is 0 Å². The van der Waals surface area contributed by atoms with Gasteiger partial charge in [0, 0.05) is 5.69 Å². The van der Waals surface area contributed by atoms with E-state index in [4.69, 9.17) is 0 Å². The monoisotopic (exact) mass is 281 g/mol. The number of urea groups is 1. The van der Waals surface area contributed by atoms with Gasteiger partial charge in [-0.15, -0.1) is 0 Å². The van der Waals surface area contributed by atoms with E-state index in [1.165, 1.54) is 4.80 Å². The van der Waals surface area contributed by atoms with Crippen molar-refractivity contribution >= 4 is 22.8 Å². The number of nitrogens with zero attached hydrogens (tertiary/aromatic N) is 3. The minimum absolute atomic E-state index is 0.215. The van der Waals surface area contributed by atoms with Gasteiger partial charge in [0.05, 0.1) is 0 Å². The van der Waals surface area contributed by atoms with Gasteiger partial charge in [-0.3, -0.25) is 0 Å². The predicted molar refractivity (Wildman–Crippen MR) is 80.9 cm³/mol. The number of aromatic nitrogens is 3. The van der Waals surface area contributed by atoms with E-state index in [0.717, 1.165) is 22.3 Å². The number of hydrogen-bond donors (Lipinski definition) is 2. The molecule has 0 aliphatic heterocycles. The average Bonchev–Trinajstić information content (AvgIpc) is 2.88. The molecule has 2 aromatic carbocycles. The third kappa shape index (κ3) is 3.17. The number of hydrogen-bond acceptors (Lipinski definition) is 3. The predicted octanol–water partition coefficient (Wildman–Crippen LogP) is 2.52. The molecular formula is C15H15N5O. The molecule has 1 aromatic heterocycles. The summed E-state index contributed by atoms with van der Waals surface area (Å²) >= 11 is 0. The van der Waals surface area contributed by atoms with Gasteiger partial charge in [0.15, 0.2) is 0 Å². The molecule has 3 aromatic rings. The minimum atomic E-state index is -0.290. The second-order valence-electron chi connectivity index (χ2n) is 4.72. The zero-order chi connectivity index (χ0) is 14.7. The summed E-state index contributed by atoms with van der Waals surface area (Å²) in [6.45, 7) is 2.19. The zero-order valence-corrected chi connectivity index (χ0v) is 11.6. The Bertz CT molecular complexity index is 747. The Labute approximate surface area is 121 Å². The van der Waals surface area contributed by atoms with Gasteiger partial charge in [0.25, 0.3) is 0 Å². The molecule has 0 fully saturated rings. The summed E-state index contributed by atoms with van der Waals surface area (Å²) < 4.78 is 0. The van der Waals surface area contributed by atoms with Crippen LogP contribution < -0.4 is 10.6 Å². The van der Waals surface area contributed by atoms with Crippen LogP contribution in [0.15, 0.2) is 48.5 Å². The minimum Gasteiger partial charge on any atom is -0.317 e. The smallest absolute Gasteiger partial charge is 0.317 e. The topological polar surface area (TPSA) is 71.8 Å². The molecule has 106 valence electrons. The van der Waals surface area contributed by atoms with Crippen LogP contribution in [0.25, 0.3) is 11.0 Å². The molecule has 0 radical (unpaired) electrons. The van der Waals surface area contributed by atoms with Crippen molar-refractivity contribution in [2.45, 2.75) is 13.6 Å². The van der Waals surface area contributed by atoms with Crippen LogP contribution in [0, 0.1) is 6.92 Å². The van der Waals surface area contributed by atoms with E-state index in [1.54, 1.807) is 0 Å².